The van der Waals surface area contributed by atoms with Crippen LogP contribution in [0.5, 0.6) is 5.75 Å². The summed E-state index contributed by atoms with van der Waals surface area (Å²) in [4.78, 5) is 11.2. The summed E-state index contributed by atoms with van der Waals surface area (Å²) in [5.41, 5.74) is 7.70. The van der Waals surface area contributed by atoms with Crippen LogP contribution in [0.3, 0.4) is 0 Å². The number of aldehydes is 1. The lowest BCUT2D eigenvalue weighted by molar-refractivity contribution is -0.125. The molecule has 4 heteroatoms. The van der Waals surface area contributed by atoms with Crippen molar-refractivity contribution in [1.82, 2.24) is 0 Å². The number of fused-ring (bicyclic) bond motifs is 1. The van der Waals surface area contributed by atoms with Crippen LogP contribution in [0.15, 0.2) is 18.2 Å². The van der Waals surface area contributed by atoms with Gasteiger partial charge in [-0.3, -0.25) is 0 Å². The first kappa shape index (κ1) is 14.0. The summed E-state index contributed by atoms with van der Waals surface area (Å²) in [5, 5.41) is 9.86. The number of hydrogen-bond acceptors (Lipinski definition) is 4. The topological polar surface area (TPSA) is 72.5 Å². The molecule has 2 rings (SSSR count). The Morgan fingerprint density at radius 3 is 2.89 bits per heavy atom. The first-order valence-electron chi connectivity index (χ1n) is 6.70. The predicted molar refractivity (Wildman–Crippen MR) is 72.9 cm³/mol. The summed E-state index contributed by atoms with van der Waals surface area (Å²) in [7, 11) is 0. The van der Waals surface area contributed by atoms with Gasteiger partial charge in [-0.25, -0.2) is 0 Å². The minimum atomic E-state index is -0.715. The van der Waals surface area contributed by atoms with Crippen LogP contribution in [0.25, 0.3) is 0 Å². The summed E-state index contributed by atoms with van der Waals surface area (Å²) in [5.74, 6) is 0.601. The molecule has 0 saturated heterocycles. The van der Waals surface area contributed by atoms with Crippen LogP contribution in [-0.4, -0.2) is 23.5 Å². The number of phenols is 1. The average molecular weight is 263 g/mol. The molecule has 1 aliphatic rings. The van der Waals surface area contributed by atoms with E-state index in [9.17, 15) is 9.90 Å². The Kier molecular flexibility index (Phi) is 4.22. The van der Waals surface area contributed by atoms with Crippen LogP contribution in [0.1, 0.15) is 37.5 Å². The summed E-state index contributed by atoms with van der Waals surface area (Å²) in [6, 6.07) is 5.18. The first-order chi connectivity index (χ1) is 9.02. The Morgan fingerprint density at radius 2 is 2.26 bits per heavy atom. The van der Waals surface area contributed by atoms with Gasteiger partial charge >= 0.3 is 0 Å². The molecular weight excluding hydrogens is 242 g/mol. The number of ether oxygens (including phenoxy) is 1. The van der Waals surface area contributed by atoms with Crippen molar-refractivity contribution in [2.75, 3.05) is 0 Å². The molecule has 0 aromatic heterocycles. The molecule has 4 nitrogen and oxygen atoms in total. The summed E-state index contributed by atoms with van der Waals surface area (Å²) < 4.78 is 5.75. The third kappa shape index (κ3) is 2.96. The highest BCUT2D eigenvalue weighted by atomic mass is 16.5. The lowest BCUT2D eigenvalue weighted by atomic mass is 9.89. The fraction of sp³-hybridized carbons (Fsp3) is 0.533. The van der Waals surface area contributed by atoms with Crippen LogP contribution >= 0.6 is 0 Å². The Bertz CT molecular complexity index is 459. The van der Waals surface area contributed by atoms with E-state index in [1.807, 2.05) is 6.07 Å². The predicted octanol–water partition coefficient (Wildman–Crippen LogP) is 1.95. The molecule has 3 N–H and O–H groups in total. The van der Waals surface area contributed by atoms with E-state index in [1.165, 1.54) is 0 Å². The Hall–Kier alpha value is -1.39. The number of hydrogen-bond donors (Lipinski definition) is 2. The molecule has 0 aliphatic carbocycles. The molecule has 0 saturated carbocycles. The van der Waals surface area contributed by atoms with Crippen LogP contribution in [0.2, 0.25) is 0 Å². The Labute approximate surface area is 113 Å². The van der Waals surface area contributed by atoms with Crippen molar-refractivity contribution in [3.8, 4) is 5.75 Å². The van der Waals surface area contributed by atoms with Crippen LogP contribution in [0.4, 0.5) is 0 Å². The molecule has 0 radical (unpaired) electrons. The quantitative estimate of drug-likeness (QED) is 0.814. The van der Waals surface area contributed by atoms with E-state index in [-0.39, 0.29) is 17.9 Å². The van der Waals surface area contributed by atoms with Gasteiger partial charge in [0.2, 0.25) is 0 Å². The molecule has 104 valence electrons. The minimum Gasteiger partial charge on any atom is -0.508 e. The maximum atomic E-state index is 11.2. The van der Waals surface area contributed by atoms with Crippen molar-refractivity contribution in [1.29, 1.82) is 0 Å². The Morgan fingerprint density at radius 1 is 1.53 bits per heavy atom. The van der Waals surface area contributed by atoms with Gasteiger partial charge < -0.3 is 20.4 Å². The number of aromatic hydroxyl groups is 1. The van der Waals surface area contributed by atoms with E-state index in [4.69, 9.17) is 10.5 Å². The second kappa shape index (κ2) is 5.72. The molecule has 3 atom stereocenters. The second-order valence-corrected chi connectivity index (χ2v) is 5.58. The van der Waals surface area contributed by atoms with Crippen LogP contribution in [0, 0.1) is 5.92 Å². The van der Waals surface area contributed by atoms with E-state index >= 15 is 0 Å². The molecular formula is C15H21NO3. The number of carbonyl (C=O) groups is 1. The standard InChI is InChI=1S/C15H21NO3/c1-9(2)6-11(16)13-7-10-4-3-5-12(18)15(10)14(8-17)19-13/h3-5,8-9,11,13-14,18H,6-7,16H2,1-2H3/t11-,13?,14?/m0/s1. The zero-order chi connectivity index (χ0) is 14.0. The normalized spacial score (nSPS) is 24.0. The molecule has 1 aromatic rings. The van der Waals surface area contributed by atoms with Gasteiger partial charge in [0.05, 0.1) is 6.10 Å². The largest absolute Gasteiger partial charge is 0.508 e. The number of nitrogens with two attached hydrogens (primary N) is 1. The smallest absolute Gasteiger partial charge is 0.153 e. The van der Waals surface area contributed by atoms with Gasteiger partial charge in [0, 0.05) is 18.0 Å². The lowest BCUT2D eigenvalue weighted by Gasteiger charge is -2.34. The molecule has 19 heavy (non-hydrogen) atoms. The summed E-state index contributed by atoms with van der Waals surface area (Å²) in [6.45, 7) is 4.22. The van der Waals surface area contributed by atoms with Gasteiger partial charge in [-0.2, -0.15) is 0 Å². The van der Waals surface area contributed by atoms with Gasteiger partial charge in [-0.1, -0.05) is 26.0 Å². The van der Waals surface area contributed by atoms with Gasteiger partial charge in [0.25, 0.3) is 0 Å². The summed E-state index contributed by atoms with van der Waals surface area (Å²) >= 11 is 0. The molecule has 0 bridgehead atoms. The van der Waals surface area contributed by atoms with Crippen molar-refractivity contribution in [3.05, 3.63) is 29.3 Å². The minimum absolute atomic E-state index is 0.0991. The van der Waals surface area contributed by atoms with Crippen molar-refractivity contribution < 1.29 is 14.6 Å². The zero-order valence-corrected chi connectivity index (χ0v) is 11.4. The highest BCUT2D eigenvalue weighted by Crippen LogP contribution is 2.36. The van der Waals surface area contributed by atoms with E-state index in [1.54, 1.807) is 12.1 Å². The van der Waals surface area contributed by atoms with Gasteiger partial charge in [-0.05, 0) is 24.0 Å². The molecule has 0 spiro atoms. The van der Waals surface area contributed by atoms with E-state index in [0.717, 1.165) is 18.3 Å². The maximum absolute atomic E-state index is 11.2. The van der Waals surface area contributed by atoms with Crippen molar-refractivity contribution >= 4 is 6.29 Å². The lowest BCUT2D eigenvalue weighted by Crippen LogP contribution is -2.42. The summed E-state index contributed by atoms with van der Waals surface area (Å²) in [6.07, 6.45) is 1.33. The fourth-order valence-electron chi connectivity index (χ4n) is 2.68. The Balaban J connectivity index is 2.24. The maximum Gasteiger partial charge on any atom is 0.153 e. The van der Waals surface area contributed by atoms with Crippen molar-refractivity contribution in [2.24, 2.45) is 11.7 Å². The van der Waals surface area contributed by atoms with Crippen LogP contribution < -0.4 is 5.73 Å². The molecule has 1 aromatic carbocycles. The number of phenolic OH excluding ortho intramolecular Hbond substituents is 1. The fourth-order valence-corrected chi connectivity index (χ4v) is 2.68. The van der Waals surface area contributed by atoms with Crippen LogP contribution in [-0.2, 0) is 16.0 Å². The van der Waals surface area contributed by atoms with E-state index in [0.29, 0.717) is 17.9 Å². The van der Waals surface area contributed by atoms with Gasteiger partial charge in [-0.15, -0.1) is 0 Å². The first-order valence-corrected chi connectivity index (χ1v) is 6.70. The molecule has 0 fully saturated rings. The van der Waals surface area contributed by atoms with E-state index in [2.05, 4.69) is 13.8 Å². The highest BCUT2D eigenvalue weighted by Gasteiger charge is 2.32. The third-order valence-electron chi connectivity index (χ3n) is 3.55. The molecule has 1 aliphatic heterocycles. The SMILES string of the molecule is CC(C)C[C@H](N)C1Cc2cccc(O)c2C(C=O)O1. The van der Waals surface area contributed by atoms with Gasteiger partial charge in [0.1, 0.15) is 11.9 Å². The monoisotopic (exact) mass is 263 g/mol. The number of carbonyl (C=O) groups excluding carboxylic acids is 1. The van der Waals surface area contributed by atoms with Crippen molar-refractivity contribution in [3.63, 3.8) is 0 Å². The number of benzene rings is 1. The van der Waals surface area contributed by atoms with Gasteiger partial charge in [0.15, 0.2) is 6.29 Å². The highest BCUT2D eigenvalue weighted by molar-refractivity contribution is 5.64. The second-order valence-electron chi connectivity index (χ2n) is 5.58. The molecule has 1 heterocycles. The third-order valence-corrected chi connectivity index (χ3v) is 3.55. The molecule has 2 unspecified atom stereocenters. The van der Waals surface area contributed by atoms with E-state index < -0.39 is 6.10 Å². The molecule has 0 amide bonds. The number of rotatable bonds is 4. The zero-order valence-electron chi connectivity index (χ0n) is 11.4. The van der Waals surface area contributed by atoms with Crippen molar-refractivity contribution in [2.45, 2.75) is 44.9 Å². The average Bonchev–Trinajstić information content (AvgIpc) is 2.36.